The zero-order chi connectivity index (χ0) is 16.4. The molecule has 2 aromatic rings. The number of nitrogens with zero attached hydrogens (tertiary/aromatic N) is 4. The highest BCUT2D eigenvalue weighted by Crippen LogP contribution is 2.29. The van der Waals surface area contributed by atoms with Crippen LogP contribution in [0.15, 0.2) is 24.3 Å². The topological polar surface area (TPSA) is 94.0 Å². The van der Waals surface area contributed by atoms with Crippen molar-refractivity contribution in [2.24, 2.45) is 0 Å². The number of nitrogens with two attached hydrogens (primary N) is 2. The summed E-state index contributed by atoms with van der Waals surface area (Å²) in [5.74, 6) is 1.56. The van der Waals surface area contributed by atoms with Crippen LogP contribution in [0.3, 0.4) is 0 Å². The van der Waals surface area contributed by atoms with Crippen LogP contribution in [-0.4, -0.2) is 25.9 Å². The van der Waals surface area contributed by atoms with Gasteiger partial charge >= 0.3 is 0 Å². The van der Waals surface area contributed by atoms with E-state index in [-0.39, 0.29) is 11.9 Å². The molecule has 1 fully saturated rings. The Hall–Kier alpha value is -2.21. The average molecular weight is 312 g/mol. The molecular formula is C17H24N6. The second kappa shape index (κ2) is 6.50. The van der Waals surface area contributed by atoms with Crippen molar-refractivity contribution in [3.8, 4) is 0 Å². The molecule has 1 heterocycles. The van der Waals surface area contributed by atoms with E-state index in [0.717, 1.165) is 6.54 Å². The van der Waals surface area contributed by atoms with Crippen molar-refractivity contribution in [1.82, 2.24) is 19.9 Å². The molecule has 1 saturated carbocycles. The summed E-state index contributed by atoms with van der Waals surface area (Å²) in [4.78, 5) is 14.6. The number of nitrogen functional groups attached to an aromatic ring is 2. The molecule has 1 aromatic heterocycles. The van der Waals surface area contributed by atoms with Gasteiger partial charge in [-0.25, -0.2) is 0 Å². The number of hydrogen-bond acceptors (Lipinski definition) is 6. The van der Waals surface area contributed by atoms with Crippen LogP contribution in [-0.2, 0) is 13.1 Å². The number of hydrogen-bond donors (Lipinski definition) is 2. The van der Waals surface area contributed by atoms with Crippen molar-refractivity contribution in [2.75, 3.05) is 11.5 Å². The standard InChI is InChI=1S/C17H24N6/c1-11(2)13-5-3-12(4-6-13)9-23(14-7-8-14)10-15-20-16(18)22-17(19)21-15/h3-6,11,14H,7-10H2,1-2H3,(H4,18,19,20,21,22). The van der Waals surface area contributed by atoms with Crippen LogP contribution in [0, 0.1) is 0 Å². The van der Waals surface area contributed by atoms with E-state index >= 15 is 0 Å². The van der Waals surface area contributed by atoms with Crippen molar-refractivity contribution in [3.05, 3.63) is 41.2 Å². The molecule has 1 aromatic carbocycles. The van der Waals surface area contributed by atoms with Gasteiger partial charge in [0.05, 0.1) is 6.54 Å². The monoisotopic (exact) mass is 312 g/mol. The third-order valence-electron chi connectivity index (χ3n) is 4.16. The molecule has 122 valence electrons. The predicted octanol–water partition coefficient (Wildman–Crippen LogP) is 2.32. The third kappa shape index (κ3) is 4.16. The first-order chi connectivity index (χ1) is 11.0. The van der Waals surface area contributed by atoms with Gasteiger partial charge in [0.2, 0.25) is 11.9 Å². The van der Waals surface area contributed by atoms with E-state index in [1.807, 2.05) is 0 Å². The molecule has 4 N–H and O–H groups in total. The number of anilines is 2. The van der Waals surface area contributed by atoms with Gasteiger partial charge in [0.25, 0.3) is 0 Å². The molecule has 1 aliphatic carbocycles. The second-order valence-corrected chi connectivity index (χ2v) is 6.50. The minimum absolute atomic E-state index is 0.185. The molecule has 0 unspecified atom stereocenters. The molecule has 1 aliphatic rings. The number of aromatic nitrogens is 3. The second-order valence-electron chi connectivity index (χ2n) is 6.50. The summed E-state index contributed by atoms with van der Waals surface area (Å²) in [5, 5.41) is 0. The highest BCUT2D eigenvalue weighted by molar-refractivity contribution is 5.27. The van der Waals surface area contributed by atoms with Crippen LogP contribution in [0.2, 0.25) is 0 Å². The maximum atomic E-state index is 5.66. The molecule has 23 heavy (non-hydrogen) atoms. The number of benzene rings is 1. The quantitative estimate of drug-likeness (QED) is 0.850. The predicted molar refractivity (Wildman–Crippen MR) is 91.5 cm³/mol. The van der Waals surface area contributed by atoms with Gasteiger partial charge in [-0.1, -0.05) is 38.1 Å². The van der Waals surface area contributed by atoms with Crippen LogP contribution in [0.1, 0.15) is 49.6 Å². The van der Waals surface area contributed by atoms with Gasteiger partial charge < -0.3 is 11.5 Å². The van der Waals surface area contributed by atoms with Gasteiger partial charge in [-0.05, 0) is 29.9 Å². The van der Waals surface area contributed by atoms with Crippen LogP contribution >= 0.6 is 0 Å². The molecule has 0 atom stereocenters. The van der Waals surface area contributed by atoms with Crippen molar-refractivity contribution >= 4 is 11.9 Å². The highest BCUT2D eigenvalue weighted by atomic mass is 15.2. The highest BCUT2D eigenvalue weighted by Gasteiger charge is 2.29. The van der Waals surface area contributed by atoms with Crippen molar-refractivity contribution in [3.63, 3.8) is 0 Å². The molecular weight excluding hydrogens is 288 g/mol. The van der Waals surface area contributed by atoms with Crippen LogP contribution in [0.25, 0.3) is 0 Å². The van der Waals surface area contributed by atoms with E-state index in [2.05, 4.69) is 58.0 Å². The van der Waals surface area contributed by atoms with Crippen LogP contribution in [0.4, 0.5) is 11.9 Å². The first-order valence-electron chi connectivity index (χ1n) is 8.10. The van der Waals surface area contributed by atoms with Crippen LogP contribution < -0.4 is 11.5 Å². The Labute approximate surface area is 137 Å². The molecule has 6 heteroatoms. The van der Waals surface area contributed by atoms with Gasteiger partial charge in [-0.3, -0.25) is 4.90 Å². The lowest BCUT2D eigenvalue weighted by Gasteiger charge is -2.21. The molecule has 0 saturated heterocycles. The molecule has 0 amide bonds. The fourth-order valence-corrected chi connectivity index (χ4v) is 2.71. The van der Waals surface area contributed by atoms with Crippen molar-refractivity contribution < 1.29 is 0 Å². The molecule has 6 nitrogen and oxygen atoms in total. The largest absolute Gasteiger partial charge is 0.368 e. The summed E-state index contributed by atoms with van der Waals surface area (Å²) in [6.07, 6.45) is 2.44. The van der Waals surface area contributed by atoms with Gasteiger partial charge in [0.15, 0.2) is 0 Å². The van der Waals surface area contributed by atoms with E-state index in [9.17, 15) is 0 Å². The van der Waals surface area contributed by atoms with Gasteiger partial charge in [-0.2, -0.15) is 15.0 Å². The van der Waals surface area contributed by atoms with E-state index in [1.54, 1.807) is 0 Å². The third-order valence-corrected chi connectivity index (χ3v) is 4.16. The Morgan fingerprint density at radius 1 is 1.00 bits per heavy atom. The van der Waals surface area contributed by atoms with Crippen molar-refractivity contribution in [2.45, 2.75) is 51.7 Å². The lowest BCUT2D eigenvalue weighted by atomic mass is 10.0. The maximum absolute atomic E-state index is 5.66. The minimum atomic E-state index is 0.185. The first-order valence-corrected chi connectivity index (χ1v) is 8.10. The molecule has 0 radical (unpaired) electrons. The summed E-state index contributed by atoms with van der Waals surface area (Å²) in [5.41, 5.74) is 14.0. The lowest BCUT2D eigenvalue weighted by Crippen LogP contribution is -2.26. The smallest absolute Gasteiger partial charge is 0.225 e. The van der Waals surface area contributed by atoms with Gasteiger partial charge in [0.1, 0.15) is 5.82 Å². The Bertz CT molecular complexity index is 643. The average Bonchev–Trinajstić information content (AvgIpc) is 3.30. The summed E-state index contributed by atoms with van der Waals surface area (Å²) in [6, 6.07) is 9.44. The maximum Gasteiger partial charge on any atom is 0.225 e. The zero-order valence-corrected chi connectivity index (χ0v) is 13.7. The van der Waals surface area contributed by atoms with Crippen molar-refractivity contribution in [1.29, 1.82) is 0 Å². The summed E-state index contributed by atoms with van der Waals surface area (Å²) >= 11 is 0. The van der Waals surface area contributed by atoms with Gasteiger partial charge in [-0.15, -0.1) is 0 Å². The SMILES string of the molecule is CC(C)c1ccc(CN(Cc2nc(N)nc(N)n2)C2CC2)cc1. The number of rotatable bonds is 6. The Kier molecular flexibility index (Phi) is 4.43. The molecule has 3 rings (SSSR count). The summed E-state index contributed by atoms with van der Waals surface area (Å²) in [6.45, 7) is 5.95. The Balaban J connectivity index is 1.71. The van der Waals surface area contributed by atoms with E-state index < -0.39 is 0 Å². The van der Waals surface area contributed by atoms with E-state index in [4.69, 9.17) is 11.5 Å². The fourth-order valence-electron chi connectivity index (χ4n) is 2.71. The zero-order valence-electron chi connectivity index (χ0n) is 13.7. The van der Waals surface area contributed by atoms with Gasteiger partial charge in [0, 0.05) is 12.6 Å². The Morgan fingerprint density at radius 3 is 2.13 bits per heavy atom. The lowest BCUT2D eigenvalue weighted by molar-refractivity contribution is 0.239. The summed E-state index contributed by atoms with van der Waals surface area (Å²) in [7, 11) is 0. The molecule has 0 spiro atoms. The first kappa shape index (κ1) is 15.7. The van der Waals surface area contributed by atoms with E-state index in [1.165, 1.54) is 24.0 Å². The fraction of sp³-hybridized carbons (Fsp3) is 0.471. The molecule has 0 aliphatic heterocycles. The summed E-state index contributed by atoms with van der Waals surface area (Å²) < 4.78 is 0. The molecule has 0 bridgehead atoms. The Morgan fingerprint density at radius 2 is 1.61 bits per heavy atom. The van der Waals surface area contributed by atoms with Crippen LogP contribution in [0.5, 0.6) is 0 Å². The normalized spacial score (nSPS) is 14.6. The van der Waals surface area contributed by atoms with E-state index in [0.29, 0.717) is 24.3 Å². The minimum Gasteiger partial charge on any atom is -0.368 e.